The fraction of sp³-hybridized carbons (Fsp3) is 0.778. The zero-order valence-electron chi connectivity index (χ0n) is 9.72. The van der Waals surface area contributed by atoms with Crippen molar-refractivity contribution in [3.8, 4) is 0 Å². The van der Waals surface area contributed by atoms with Gasteiger partial charge in [0.15, 0.2) is 0 Å². The summed E-state index contributed by atoms with van der Waals surface area (Å²) in [7, 11) is -3.62. The molecule has 0 spiro atoms. The molecule has 0 aromatic rings. The van der Waals surface area contributed by atoms with E-state index < -0.39 is 10.1 Å². The maximum Gasteiger partial charge on any atom is 0.325 e. The molecular formula is C9H15ClN2O4S. The van der Waals surface area contributed by atoms with Crippen LogP contribution in [0, 0.1) is 5.92 Å². The van der Waals surface area contributed by atoms with Gasteiger partial charge in [-0.1, -0.05) is 16.8 Å². The number of halogens is 1. The second kappa shape index (κ2) is 5.68. The van der Waals surface area contributed by atoms with Gasteiger partial charge in [-0.3, -0.25) is 9.08 Å². The van der Waals surface area contributed by atoms with Crippen LogP contribution in [0.15, 0.2) is 5.16 Å². The highest BCUT2D eigenvalue weighted by Crippen LogP contribution is 2.21. The molecule has 0 radical (unpaired) electrons. The van der Waals surface area contributed by atoms with E-state index in [9.17, 15) is 13.2 Å². The Bertz CT molecular complexity index is 413. The van der Waals surface area contributed by atoms with Crippen LogP contribution in [-0.4, -0.2) is 43.7 Å². The molecule has 1 heterocycles. The summed E-state index contributed by atoms with van der Waals surface area (Å²) in [4.78, 5) is 12.8. The van der Waals surface area contributed by atoms with Gasteiger partial charge in [0, 0.05) is 25.9 Å². The van der Waals surface area contributed by atoms with E-state index in [1.807, 2.05) is 0 Å². The van der Waals surface area contributed by atoms with E-state index in [0.717, 1.165) is 6.26 Å². The van der Waals surface area contributed by atoms with Crippen molar-refractivity contribution in [2.45, 2.75) is 19.8 Å². The molecule has 17 heavy (non-hydrogen) atoms. The van der Waals surface area contributed by atoms with Crippen LogP contribution in [0.25, 0.3) is 0 Å². The van der Waals surface area contributed by atoms with Gasteiger partial charge in [0.2, 0.25) is 5.91 Å². The minimum absolute atomic E-state index is 0.0314. The minimum atomic E-state index is -3.62. The molecule has 0 aliphatic carbocycles. The molecule has 1 amide bonds. The van der Waals surface area contributed by atoms with E-state index in [-0.39, 0.29) is 17.0 Å². The van der Waals surface area contributed by atoms with Gasteiger partial charge in [0.05, 0.1) is 6.26 Å². The fourth-order valence-corrected chi connectivity index (χ4v) is 2.12. The molecule has 1 saturated heterocycles. The van der Waals surface area contributed by atoms with E-state index in [1.165, 1.54) is 6.92 Å². The average molecular weight is 283 g/mol. The summed E-state index contributed by atoms with van der Waals surface area (Å²) >= 11 is 5.85. The van der Waals surface area contributed by atoms with E-state index in [1.54, 1.807) is 4.90 Å². The lowest BCUT2D eigenvalue weighted by molar-refractivity contribution is -0.129. The predicted octanol–water partition coefficient (Wildman–Crippen LogP) is 0.773. The molecule has 0 atom stereocenters. The van der Waals surface area contributed by atoms with Crippen molar-refractivity contribution in [3.63, 3.8) is 0 Å². The summed E-state index contributed by atoms with van der Waals surface area (Å²) in [5, 5.41) is 3.52. The first-order valence-electron chi connectivity index (χ1n) is 5.17. The molecule has 0 aromatic carbocycles. The molecule has 98 valence electrons. The van der Waals surface area contributed by atoms with Crippen molar-refractivity contribution in [1.29, 1.82) is 0 Å². The second-order valence-electron chi connectivity index (χ2n) is 3.97. The number of likely N-dealkylation sites (tertiary alicyclic amines) is 1. The maximum absolute atomic E-state index is 11.1. The summed E-state index contributed by atoms with van der Waals surface area (Å²) in [6.45, 7) is 2.72. The normalized spacial score (nSPS) is 19.2. The third-order valence-electron chi connectivity index (χ3n) is 2.54. The number of piperidine rings is 1. The lowest BCUT2D eigenvalue weighted by atomic mass is 9.98. The molecule has 0 N–H and O–H groups in total. The van der Waals surface area contributed by atoms with Crippen molar-refractivity contribution < 1.29 is 17.5 Å². The highest BCUT2D eigenvalue weighted by atomic mass is 35.5. The third-order valence-corrected chi connectivity index (χ3v) is 3.26. The van der Waals surface area contributed by atoms with E-state index in [2.05, 4.69) is 9.44 Å². The van der Waals surface area contributed by atoms with Crippen molar-refractivity contribution in [1.82, 2.24) is 4.90 Å². The summed E-state index contributed by atoms with van der Waals surface area (Å²) < 4.78 is 25.7. The lowest BCUT2D eigenvalue weighted by Crippen LogP contribution is -2.38. The van der Waals surface area contributed by atoms with Crippen LogP contribution in [0.5, 0.6) is 0 Å². The molecule has 1 rings (SSSR count). The molecule has 1 aliphatic rings. The van der Waals surface area contributed by atoms with Crippen molar-refractivity contribution in [2.75, 3.05) is 19.3 Å². The largest absolute Gasteiger partial charge is 0.343 e. The quantitative estimate of drug-likeness (QED) is 0.566. The van der Waals surface area contributed by atoms with E-state index in [0.29, 0.717) is 25.9 Å². The maximum atomic E-state index is 11.1. The van der Waals surface area contributed by atoms with Crippen LogP contribution in [0.4, 0.5) is 0 Å². The summed E-state index contributed by atoms with van der Waals surface area (Å²) in [5.74, 6) is -0.0158. The molecular weight excluding hydrogens is 268 g/mol. The Hall–Kier alpha value is -0.820. The van der Waals surface area contributed by atoms with Crippen LogP contribution < -0.4 is 0 Å². The monoisotopic (exact) mass is 282 g/mol. The van der Waals surface area contributed by atoms with Crippen LogP contribution in [-0.2, 0) is 19.2 Å². The minimum Gasteiger partial charge on any atom is -0.343 e. The van der Waals surface area contributed by atoms with Gasteiger partial charge in [0.1, 0.15) is 5.17 Å². The van der Waals surface area contributed by atoms with E-state index >= 15 is 0 Å². The Morgan fingerprint density at radius 3 is 2.35 bits per heavy atom. The van der Waals surface area contributed by atoms with Crippen LogP contribution in [0.2, 0.25) is 0 Å². The predicted molar refractivity (Wildman–Crippen MR) is 64.2 cm³/mol. The lowest BCUT2D eigenvalue weighted by Gasteiger charge is -2.30. The number of hydrogen-bond acceptors (Lipinski definition) is 5. The molecule has 1 aliphatic heterocycles. The molecule has 0 saturated carbocycles. The Labute approximate surface area is 106 Å². The Balaban J connectivity index is 2.51. The fourth-order valence-electron chi connectivity index (χ4n) is 1.61. The third kappa shape index (κ3) is 4.91. The molecule has 0 aromatic heterocycles. The summed E-state index contributed by atoms with van der Waals surface area (Å²) in [6.07, 6.45) is 2.23. The molecule has 0 unspecified atom stereocenters. The van der Waals surface area contributed by atoms with Gasteiger partial charge in [-0.2, -0.15) is 8.42 Å². The van der Waals surface area contributed by atoms with Crippen LogP contribution in [0.3, 0.4) is 0 Å². The smallest absolute Gasteiger partial charge is 0.325 e. The number of carbonyl (C=O) groups excluding carboxylic acids is 1. The number of oxime groups is 1. The number of carbonyl (C=O) groups is 1. The standard InChI is InChI=1S/C9H15ClN2O4S/c1-7(13)12-5-3-8(4-6-12)9(10)11-16-17(2,14)15/h8H,3-6H2,1-2H3/b11-9-. The Morgan fingerprint density at radius 1 is 1.41 bits per heavy atom. The molecule has 8 heteroatoms. The van der Waals surface area contributed by atoms with Crippen molar-refractivity contribution in [3.05, 3.63) is 0 Å². The topological polar surface area (TPSA) is 76.0 Å². The molecule has 0 bridgehead atoms. The summed E-state index contributed by atoms with van der Waals surface area (Å²) in [5.41, 5.74) is 0. The summed E-state index contributed by atoms with van der Waals surface area (Å²) in [6, 6.07) is 0. The Morgan fingerprint density at radius 2 is 1.94 bits per heavy atom. The Kier molecular flexibility index (Phi) is 4.76. The number of hydrogen-bond donors (Lipinski definition) is 0. The molecule has 1 fully saturated rings. The van der Waals surface area contributed by atoms with Gasteiger partial charge in [0.25, 0.3) is 0 Å². The van der Waals surface area contributed by atoms with Gasteiger partial charge in [-0.05, 0) is 12.8 Å². The highest BCUT2D eigenvalue weighted by molar-refractivity contribution is 7.85. The first kappa shape index (κ1) is 14.2. The first-order chi connectivity index (χ1) is 7.79. The number of amides is 1. The zero-order chi connectivity index (χ0) is 13.1. The average Bonchev–Trinajstić information content (AvgIpc) is 2.25. The van der Waals surface area contributed by atoms with Crippen molar-refractivity contribution >= 4 is 32.8 Å². The van der Waals surface area contributed by atoms with Gasteiger partial charge < -0.3 is 4.90 Å². The first-order valence-corrected chi connectivity index (χ1v) is 7.36. The number of rotatable bonds is 3. The molecule has 6 nitrogen and oxygen atoms in total. The van der Waals surface area contributed by atoms with Crippen LogP contribution in [0.1, 0.15) is 19.8 Å². The van der Waals surface area contributed by atoms with Crippen molar-refractivity contribution in [2.24, 2.45) is 11.1 Å². The zero-order valence-corrected chi connectivity index (χ0v) is 11.3. The SMILES string of the molecule is CC(=O)N1CCC(/C(Cl)=N/OS(C)(=O)=O)CC1. The van der Waals surface area contributed by atoms with Gasteiger partial charge in [-0.25, -0.2) is 0 Å². The van der Waals surface area contributed by atoms with Gasteiger partial charge in [-0.15, -0.1) is 0 Å². The van der Waals surface area contributed by atoms with Crippen LogP contribution >= 0.6 is 11.6 Å². The number of nitrogens with zero attached hydrogens (tertiary/aromatic N) is 2. The highest BCUT2D eigenvalue weighted by Gasteiger charge is 2.24. The second-order valence-corrected chi connectivity index (χ2v) is 5.92. The van der Waals surface area contributed by atoms with Gasteiger partial charge >= 0.3 is 10.1 Å². The van der Waals surface area contributed by atoms with E-state index in [4.69, 9.17) is 11.6 Å².